The van der Waals surface area contributed by atoms with Gasteiger partial charge in [0.2, 0.25) is 6.20 Å². The monoisotopic (exact) mass is 280 g/mol. The molecule has 0 atom stereocenters. The first-order valence-electron chi connectivity index (χ1n) is 4.65. The van der Waals surface area contributed by atoms with E-state index in [9.17, 15) is 10.1 Å². The molecule has 0 spiro atoms. The van der Waals surface area contributed by atoms with Crippen LogP contribution in [0.2, 0.25) is 0 Å². The molecule has 1 aromatic carbocycles. The Hall–Kier alpha value is -1.62. The molecule has 16 heavy (non-hydrogen) atoms. The van der Waals surface area contributed by atoms with E-state index in [2.05, 4.69) is 15.9 Å². The van der Waals surface area contributed by atoms with Crippen molar-refractivity contribution in [3.05, 3.63) is 50.7 Å². The van der Waals surface area contributed by atoms with E-state index in [0.717, 1.165) is 27.1 Å². The minimum Gasteiger partial charge on any atom is -0.350 e. The number of aryl methyl sites for hydroxylation is 1. The highest BCUT2D eigenvalue weighted by molar-refractivity contribution is 9.10. The summed E-state index contributed by atoms with van der Waals surface area (Å²) in [6.07, 6.45) is 4.39. The molecule has 0 saturated heterocycles. The maximum Gasteiger partial charge on any atom is 0.235 e. The van der Waals surface area contributed by atoms with Crippen LogP contribution in [0.4, 0.5) is 0 Å². The molecule has 0 bridgehead atoms. The molecular formula is C11H9BrN2O2. The van der Waals surface area contributed by atoms with Gasteiger partial charge in [-0.15, -0.1) is 0 Å². The number of benzene rings is 1. The molecule has 0 aliphatic carbocycles. The van der Waals surface area contributed by atoms with E-state index in [0.29, 0.717) is 0 Å². The predicted molar refractivity (Wildman–Crippen MR) is 66.6 cm³/mol. The number of halogens is 1. The van der Waals surface area contributed by atoms with Crippen LogP contribution in [0.5, 0.6) is 0 Å². The van der Waals surface area contributed by atoms with E-state index in [1.807, 2.05) is 36.0 Å². The van der Waals surface area contributed by atoms with Gasteiger partial charge in [0, 0.05) is 34.7 Å². The molecule has 5 heteroatoms. The number of hydrogen-bond donors (Lipinski definition) is 0. The first-order valence-corrected chi connectivity index (χ1v) is 5.44. The van der Waals surface area contributed by atoms with E-state index in [-0.39, 0.29) is 0 Å². The number of rotatable bonds is 2. The Bertz CT molecular complexity index is 587. The summed E-state index contributed by atoms with van der Waals surface area (Å²) in [7, 11) is 1.91. The van der Waals surface area contributed by atoms with Crippen LogP contribution in [0.25, 0.3) is 17.0 Å². The summed E-state index contributed by atoms with van der Waals surface area (Å²) in [4.78, 5) is 9.84. The maximum atomic E-state index is 10.3. The highest BCUT2D eigenvalue weighted by atomic mass is 79.9. The fourth-order valence-electron chi connectivity index (χ4n) is 1.69. The van der Waals surface area contributed by atoms with Gasteiger partial charge in [-0.05, 0) is 12.1 Å². The van der Waals surface area contributed by atoms with Crippen LogP contribution in [0.1, 0.15) is 5.56 Å². The molecule has 0 unspecified atom stereocenters. The van der Waals surface area contributed by atoms with Crippen LogP contribution in [0.3, 0.4) is 0 Å². The lowest BCUT2D eigenvalue weighted by Gasteiger charge is -2.02. The van der Waals surface area contributed by atoms with Crippen molar-refractivity contribution in [2.75, 3.05) is 0 Å². The van der Waals surface area contributed by atoms with Gasteiger partial charge in [-0.1, -0.05) is 22.0 Å². The third-order valence-electron chi connectivity index (χ3n) is 2.39. The Kier molecular flexibility index (Phi) is 2.78. The zero-order valence-electron chi connectivity index (χ0n) is 8.55. The van der Waals surface area contributed by atoms with Crippen LogP contribution in [0.15, 0.2) is 35.1 Å². The van der Waals surface area contributed by atoms with E-state index in [4.69, 9.17) is 0 Å². The van der Waals surface area contributed by atoms with Crippen molar-refractivity contribution in [1.82, 2.24) is 4.57 Å². The second kappa shape index (κ2) is 4.09. The van der Waals surface area contributed by atoms with E-state index >= 15 is 0 Å². The van der Waals surface area contributed by atoms with Crippen molar-refractivity contribution in [2.24, 2.45) is 7.05 Å². The molecular weight excluding hydrogens is 272 g/mol. The Morgan fingerprint density at radius 3 is 2.88 bits per heavy atom. The third kappa shape index (κ3) is 1.86. The lowest BCUT2D eigenvalue weighted by molar-refractivity contribution is -0.400. The lowest BCUT2D eigenvalue weighted by atomic mass is 10.1. The molecule has 0 radical (unpaired) electrons. The summed E-state index contributed by atoms with van der Waals surface area (Å²) < 4.78 is 2.93. The highest BCUT2D eigenvalue weighted by Gasteiger charge is 2.06. The second-order valence-electron chi connectivity index (χ2n) is 3.43. The summed E-state index contributed by atoms with van der Waals surface area (Å²) in [5, 5.41) is 11.4. The topological polar surface area (TPSA) is 48.1 Å². The van der Waals surface area contributed by atoms with Crippen molar-refractivity contribution in [1.29, 1.82) is 0 Å². The van der Waals surface area contributed by atoms with Gasteiger partial charge in [0.05, 0.1) is 10.4 Å². The average molecular weight is 281 g/mol. The summed E-state index contributed by atoms with van der Waals surface area (Å²) >= 11 is 3.45. The molecule has 1 aromatic heterocycles. The molecule has 2 aromatic rings. The minimum atomic E-state index is -0.461. The average Bonchev–Trinajstić information content (AvgIpc) is 2.61. The Morgan fingerprint density at radius 1 is 1.44 bits per heavy atom. The van der Waals surface area contributed by atoms with Gasteiger partial charge in [-0.3, -0.25) is 10.1 Å². The van der Waals surface area contributed by atoms with Crippen molar-refractivity contribution < 1.29 is 4.92 Å². The lowest BCUT2D eigenvalue weighted by Crippen LogP contribution is -1.89. The first-order chi connectivity index (χ1) is 7.59. The minimum absolute atomic E-state index is 0.461. The standard InChI is InChI=1S/C11H9BrN2O2/c1-13-6-5-9-10(12)3-2-8(11(9)13)4-7-14(15)16/h2-7H,1H3. The molecule has 0 amide bonds. The van der Waals surface area contributed by atoms with Crippen LogP contribution in [0, 0.1) is 10.1 Å². The fraction of sp³-hybridized carbons (Fsp3) is 0.0909. The van der Waals surface area contributed by atoms with Crippen LogP contribution in [-0.4, -0.2) is 9.49 Å². The number of nitrogens with zero attached hydrogens (tertiary/aromatic N) is 2. The zero-order chi connectivity index (χ0) is 11.7. The van der Waals surface area contributed by atoms with Crippen LogP contribution in [-0.2, 0) is 7.05 Å². The Labute approximate surface area is 100 Å². The van der Waals surface area contributed by atoms with E-state index < -0.39 is 4.92 Å². The number of hydrogen-bond acceptors (Lipinski definition) is 2. The molecule has 2 rings (SSSR count). The van der Waals surface area contributed by atoms with Gasteiger partial charge in [0.25, 0.3) is 0 Å². The van der Waals surface area contributed by atoms with Crippen molar-refractivity contribution in [3.63, 3.8) is 0 Å². The molecule has 0 N–H and O–H groups in total. The summed E-state index contributed by atoms with van der Waals surface area (Å²) in [6, 6.07) is 5.72. The van der Waals surface area contributed by atoms with Gasteiger partial charge in [0.15, 0.2) is 0 Å². The smallest absolute Gasteiger partial charge is 0.235 e. The summed E-state index contributed by atoms with van der Waals surface area (Å²) in [5.74, 6) is 0. The molecule has 0 fully saturated rings. The summed E-state index contributed by atoms with van der Waals surface area (Å²) in [5.41, 5.74) is 1.81. The number of fused-ring (bicyclic) bond motifs is 1. The maximum absolute atomic E-state index is 10.3. The van der Waals surface area contributed by atoms with Crippen molar-refractivity contribution in [3.8, 4) is 0 Å². The molecule has 1 heterocycles. The first kappa shape index (κ1) is 10.9. The van der Waals surface area contributed by atoms with Gasteiger partial charge < -0.3 is 4.57 Å². The summed E-state index contributed by atoms with van der Waals surface area (Å²) in [6.45, 7) is 0. The van der Waals surface area contributed by atoms with Crippen molar-refractivity contribution >= 4 is 32.9 Å². The quantitative estimate of drug-likeness (QED) is 0.627. The Morgan fingerprint density at radius 2 is 2.19 bits per heavy atom. The largest absolute Gasteiger partial charge is 0.350 e. The van der Waals surface area contributed by atoms with Gasteiger partial charge in [0.1, 0.15) is 0 Å². The van der Waals surface area contributed by atoms with Crippen LogP contribution >= 0.6 is 15.9 Å². The van der Waals surface area contributed by atoms with Gasteiger partial charge >= 0.3 is 0 Å². The Balaban J connectivity index is 2.66. The van der Waals surface area contributed by atoms with E-state index in [1.165, 1.54) is 6.08 Å². The number of nitro groups is 1. The van der Waals surface area contributed by atoms with Gasteiger partial charge in [-0.25, -0.2) is 0 Å². The van der Waals surface area contributed by atoms with Gasteiger partial charge in [-0.2, -0.15) is 0 Å². The molecule has 82 valence electrons. The molecule has 0 saturated carbocycles. The van der Waals surface area contributed by atoms with E-state index in [1.54, 1.807) is 0 Å². The zero-order valence-corrected chi connectivity index (χ0v) is 10.1. The SMILES string of the molecule is Cn1ccc2c(Br)ccc(C=C[N+](=O)[O-])c21. The normalized spacial score (nSPS) is 11.4. The molecule has 0 aliphatic heterocycles. The number of aromatic nitrogens is 1. The predicted octanol–water partition coefficient (Wildman–Crippen LogP) is 3.19. The molecule has 0 aliphatic rings. The van der Waals surface area contributed by atoms with Crippen LogP contribution < -0.4 is 0 Å². The second-order valence-corrected chi connectivity index (χ2v) is 4.28. The van der Waals surface area contributed by atoms with Crippen molar-refractivity contribution in [2.45, 2.75) is 0 Å². The highest BCUT2D eigenvalue weighted by Crippen LogP contribution is 2.28. The fourth-order valence-corrected chi connectivity index (χ4v) is 2.14. The third-order valence-corrected chi connectivity index (χ3v) is 3.08. The molecule has 4 nitrogen and oxygen atoms in total.